The number of nitrogens with one attached hydrogen (secondary N) is 2. The number of benzene rings is 2. The normalized spacial score (nSPS) is 11.6. The number of hydrogen-bond acceptors (Lipinski definition) is 4. The molecular formula is C19H23Cl4N3O. The molecule has 0 saturated heterocycles. The number of nitrogens with zero attached hydrogens (tertiary/aromatic N) is 1. The molecule has 0 amide bonds. The van der Waals surface area contributed by atoms with Gasteiger partial charge in [0.2, 0.25) is 0 Å². The van der Waals surface area contributed by atoms with E-state index >= 15 is 0 Å². The van der Waals surface area contributed by atoms with Crippen molar-refractivity contribution in [3.63, 3.8) is 0 Å². The zero-order valence-electron chi connectivity index (χ0n) is 15.1. The van der Waals surface area contributed by atoms with Crippen LogP contribution in [0.3, 0.4) is 0 Å². The quantitative estimate of drug-likeness (QED) is 0.282. The molecule has 4 nitrogen and oxygen atoms in total. The molecule has 2 aromatic carbocycles. The fraction of sp³-hybridized carbons (Fsp3) is 0.316. The standard InChI is InChI=1S/C19H21Cl2N3O.2ClH/c1-12(20)11-22-7-8-23-19-15-5-3-13(21)9-18(15)24-17-6-4-14(25-2)10-16(17)19;;/h3-6,9-10,12,22H,7-8,11H2,1-2H3,(H,23,24);2*1H. The minimum Gasteiger partial charge on any atom is -0.497 e. The lowest BCUT2D eigenvalue weighted by molar-refractivity contribution is 0.415. The number of ether oxygens (including phenoxy) is 1. The van der Waals surface area contributed by atoms with Crippen LogP contribution in [0.5, 0.6) is 5.75 Å². The number of aromatic nitrogens is 1. The summed E-state index contributed by atoms with van der Waals surface area (Å²) in [6.45, 7) is 4.35. The van der Waals surface area contributed by atoms with Gasteiger partial charge < -0.3 is 15.4 Å². The van der Waals surface area contributed by atoms with Crippen LogP contribution in [0.1, 0.15) is 6.92 Å². The predicted molar refractivity (Wildman–Crippen MR) is 122 cm³/mol. The molecule has 0 aliphatic carbocycles. The molecule has 0 spiro atoms. The summed E-state index contributed by atoms with van der Waals surface area (Å²) in [5.74, 6) is 0.805. The third kappa shape index (κ3) is 5.90. The van der Waals surface area contributed by atoms with Crippen LogP contribution in [0.25, 0.3) is 21.8 Å². The van der Waals surface area contributed by atoms with Crippen molar-refractivity contribution in [2.24, 2.45) is 0 Å². The summed E-state index contributed by atoms with van der Waals surface area (Å²) in [5.41, 5.74) is 2.81. The molecular weight excluding hydrogens is 428 g/mol. The lowest BCUT2D eigenvalue weighted by Crippen LogP contribution is -2.27. The molecule has 0 saturated carbocycles. The first-order valence-corrected chi connectivity index (χ1v) is 9.05. The SMILES string of the molecule is COc1ccc2nc3cc(Cl)ccc3c(NCCNCC(C)Cl)c2c1.Cl.Cl. The van der Waals surface area contributed by atoms with E-state index in [2.05, 4.69) is 10.6 Å². The molecule has 1 atom stereocenters. The largest absolute Gasteiger partial charge is 0.497 e. The third-order valence-electron chi connectivity index (χ3n) is 3.97. The number of fused-ring (bicyclic) bond motifs is 2. The summed E-state index contributed by atoms with van der Waals surface area (Å²) in [6.07, 6.45) is 0. The minimum atomic E-state index is 0. The smallest absolute Gasteiger partial charge is 0.119 e. The van der Waals surface area contributed by atoms with Crippen LogP contribution in [0, 0.1) is 0 Å². The Labute approximate surface area is 181 Å². The van der Waals surface area contributed by atoms with Gasteiger partial charge in [-0.15, -0.1) is 36.4 Å². The second-order valence-electron chi connectivity index (χ2n) is 5.94. The summed E-state index contributed by atoms with van der Waals surface area (Å²) in [6, 6.07) is 11.7. The molecule has 1 aromatic heterocycles. The Morgan fingerprint density at radius 2 is 1.81 bits per heavy atom. The summed E-state index contributed by atoms with van der Waals surface area (Å²) >= 11 is 12.1. The molecule has 0 aliphatic rings. The fourth-order valence-corrected chi connectivity index (χ4v) is 3.07. The van der Waals surface area contributed by atoms with E-state index in [-0.39, 0.29) is 30.2 Å². The monoisotopic (exact) mass is 449 g/mol. The van der Waals surface area contributed by atoms with Crippen LogP contribution in [0.4, 0.5) is 5.69 Å². The van der Waals surface area contributed by atoms with Crippen LogP contribution in [-0.2, 0) is 0 Å². The summed E-state index contributed by atoms with van der Waals surface area (Å²) in [4.78, 5) is 4.73. The summed E-state index contributed by atoms with van der Waals surface area (Å²) in [7, 11) is 1.67. The van der Waals surface area contributed by atoms with E-state index in [0.717, 1.165) is 52.9 Å². The maximum Gasteiger partial charge on any atom is 0.119 e. The average molecular weight is 451 g/mol. The lowest BCUT2D eigenvalue weighted by atomic mass is 10.1. The van der Waals surface area contributed by atoms with Gasteiger partial charge in [-0.2, -0.15) is 0 Å². The van der Waals surface area contributed by atoms with Crippen LogP contribution >= 0.6 is 48.0 Å². The number of halogens is 4. The fourth-order valence-electron chi connectivity index (χ4n) is 2.79. The van der Waals surface area contributed by atoms with E-state index in [0.29, 0.717) is 5.02 Å². The van der Waals surface area contributed by atoms with Crippen molar-refractivity contribution in [2.45, 2.75) is 12.3 Å². The Morgan fingerprint density at radius 1 is 1.04 bits per heavy atom. The van der Waals surface area contributed by atoms with E-state index in [1.807, 2.05) is 43.3 Å². The molecule has 0 bridgehead atoms. The van der Waals surface area contributed by atoms with Gasteiger partial charge in [0.05, 0.1) is 23.8 Å². The van der Waals surface area contributed by atoms with Gasteiger partial charge in [-0.3, -0.25) is 0 Å². The highest BCUT2D eigenvalue weighted by Crippen LogP contribution is 2.33. The van der Waals surface area contributed by atoms with Gasteiger partial charge in [-0.25, -0.2) is 4.98 Å². The van der Waals surface area contributed by atoms with Crippen molar-refractivity contribution in [1.29, 1.82) is 0 Å². The van der Waals surface area contributed by atoms with Gasteiger partial charge in [0.25, 0.3) is 0 Å². The third-order valence-corrected chi connectivity index (χ3v) is 4.36. The molecule has 0 fully saturated rings. The molecule has 1 unspecified atom stereocenters. The Morgan fingerprint density at radius 3 is 2.52 bits per heavy atom. The second kappa shape index (κ2) is 11.0. The molecule has 1 heterocycles. The first-order chi connectivity index (χ1) is 12.1. The van der Waals surface area contributed by atoms with Crippen LogP contribution in [0.15, 0.2) is 36.4 Å². The van der Waals surface area contributed by atoms with Gasteiger partial charge in [-0.1, -0.05) is 11.6 Å². The Hall–Kier alpha value is -1.17. The molecule has 8 heteroatoms. The van der Waals surface area contributed by atoms with E-state index in [1.54, 1.807) is 7.11 Å². The highest BCUT2D eigenvalue weighted by molar-refractivity contribution is 6.31. The van der Waals surface area contributed by atoms with E-state index in [4.69, 9.17) is 32.9 Å². The van der Waals surface area contributed by atoms with Crippen molar-refractivity contribution in [3.05, 3.63) is 41.4 Å². The lowest BCUT2D eigenvalue weighted by Gasteiger charge is -2.15. The molecule has 2 N–H and O–H groups in total. The maximum absolute atomic E-state index is 6.14. The van der Waals surface area contributed by atoms with Gasteiger partial charge in [0, 0.05) is 40.8 Å². The molecule has 0 aliphatic heterocycles. The number of pyridine rings is 1. The highest BCUT2D eigenvalue weighted by atomic mass is 35.5. The van der Waals surface area contributed by atoms with Crippen molar-refractivity contribution in [2.75, 3.05) is 32.1 Å². The molecule has 3 rings (SSSR count). The first kappa shape index (κ1) is 23.9. The van der Waals surface area contributed by atoms with Gasteiger partial charge in [0.15, 0.2) is 0 Å². The van der Waals surface area contributed by atoms with Gasteiger partial charge in [-0.05, 0) is 43.3 Å². The van der Waals surface area contributed by atoms with Crippen LogP contribution < -0.4 is 15.4 Å². The Kier molecular flexibility index (Phi) is 9.71. The number of anilines is 1. The zero-order valence-corrected chi connectivity index (χ0v) is 18.2. The van der Waals surface area contributed by atoms with E-state index < -0.39 is 0 Å². The minimum absolute atomic E-state index is 0. The molecule has 148 valence electrons. The molecule has 27 heavy (non-hydrogen) atoms. The van der Waals surface area contributed by atoms with Crippen molar-refractivity contribution in [1.82, 2.24) is 10.3 Å². The van der Waals surface area contributed by atoms with Crippen molar-refractivity contribution < 1.29 is 4.74 Å². The van der Waals surface area contributed by atoms with E-state index in [1.165, 1.54) is 0 Å². The maximum atomic E-state index is 6.14. The number of rotatable bonds is 7. The summed E-state index contributed by atoms with van der Waals surface area (Å²) in [5, 5.41) is 9.72. The molecule has 3 aromatic rings. The highest BCUT2D eigenvalue weighted by Gasteiger charge is 2.10. The predicted octanol–water partition coefficient (Wildman–Crippen LogP) is 5.52. The average Bonchev–Trinajstić information content (AvgIpc) is 2.59. The van der Waals surface area contributed by atoms with Crippen LogP contribution in [-0.4, -0.2) is 37.1 Å². The Balaban J connectivity index is 0.00000182. The second-order valence-corrected chi connectivity index (χ2v) is 7.12. The number of alkyl halides is 1. The number of methoxy groups -OCH3 is 1. The zero-order chi connectivity index (χ0) is 17.8. The first-order valence-electron chi connectivity index (χ1n) is 8.24. The van der Waals surface area contributed by atoms with Gasteiger partial charge in [0.1, 0.15) is 5.75 Å². The van der Waals surface area contributed by atoms with E-state index in [9.17, 15) is 0 Å². The summed E-state index contributed by atoms with van der Waals surface area (Å²) < 4.78 is 5.37. The van der Waals surface area contributed by atoms with Crippen molar-refractivity contribution in [3.8, 4) is 5.75 Å². The number of hydrogen-bond donors (Lipinski definition) is 2. The topological polar surface area (TPSA) is 46.2 Å². The van der Waals surface area contributed by atoms with Crippen LogP contribution in [0.2, 0.25) is 5.02 Å². The van der Waals surface area contributed by atoms with Gasteiger partial charge >= 0.3 is 0 Å². The van der Waals surface area contributed by atoms with Crippen molar-refractivity contribution >= 4 is 75.5 Å². The Bertz CT molecular complexity index is 890. The molecule has 0 radical (unpaired) electrons.